The Morgan fingerprint density at radius 1 is 0.920 bits per heavy atom. The van der Waals surface area contributed by atoms with E-state index in [4.69, 9.17) is 0 Å². The van der Waals surface area contributed by atoms with Gasteiger partial charge in [-0.25, -0.2) is 0 Å². The SMILES string of the molecule is CCCCCC1CCC(c2ccc(C=Cc3ccccc3)nc2)CC1. The minimum absolute atomic E-state index is 0.724. The van der Waals surface area contributed by atoms with Crippen LogP contribution in [-0.2, 0) is 0 Å². The van der Waals surface area contributed by atoms with Gasteiger partial charge in [-0.3, -0.25) is 4.98 Å². The fourth-order valence-corrected chi connectivity index (χ4v) is 3.97. The molecule has 2 aromatic rings. The van der Waals surface area contributed by atoms with E-state index in [1.54, 1.807) is 0 Å². The predicted octanol–water partition coefficient (Wildman–Crippen LogP) is 7.11. The molecule has 1 aliphatic carbocycles. The molecule has 0 atom stereocenters. The smallest absolute Gasteiger partial charge is 0.0630 e. The number of rotatable bonds is 7. The zero-order valence-electron chi connectivity index (χ0n) is 15.5. The van der Waals surface area contributed by atoms with Crippen LogP contribution in [0.4, 0.5) is 0 Å². The second-order valence-electron chi connectivity index (χ2n) is 7.47. The average molecular weight is 334 g/mol. The molecule has 0 radical (unpaired) electrons. The van der Waals surface area contributed by atoms with Crippen molar-refractivity contribution in [1.82, 2.24) is 4.98 Å². The Balaban J connectivity index is 1.50. The molecule has 0 unspecified atom stereocenters. The molecule has 1 fully saturated rings. The molecule has 1 aromatic carbocycles. The van der Waals surface area contributed by atoms with Crippen molar-refractivity contribution in [2.75, 3.05) is 0 Å². The van der Waals surface area contributed by atoms with Crippen LogP contribution in [0.5, 0.6) is 0 Å². The fraction of sp³-hybridized carbons (Fsp3) is 0.458. The minimum atomic E-state index is 0.724. The van der Waals surface area contributed by atoms with Gasteiger partial charge in [-0.2, -0.15) is 0 Å². The topological polar surface area (TPSA) is 12.9 Å². The standard InChI is InChI=1S/C24H31N/c1-2-3-5-8-21-11-14-22(15-12-21)23-16-18-24(25-19-23)17-13-20-9-6-4-7-10-20/h4,6-7,9-10,13,16-19,21-22H,2-3,5,8,11-12,14-15H2,1H3. The number of aromatic nitrogens is 1. The van der Waals surface area contributed by atoms with Crippen LogP contribution in [0.3, 0.4) is 0 Å². The monoisotopic (exact) mass is 333 g/mol. The summed E-state index contributed by atoms with van der Waals surface area (Å²) in [5.41, 5.74) is 3.69. The highest BCUT2D eigenvalue weighted by Crippen LogP contribution is 2.37. The van der Waals surface area contributed by atoms with Crippen LogP contribution in [-0.4, -0.2) is 4.98 Å². The van der Waals surface area contributed by atoms with E-state index in [9.17, 15) is 0 Å². The molecular weight excluding hydrogens is 302 g/mol. The molecule has 1 nitrogen and oxygen atoms in total. The Bertz CT molecular complexity index is 634. The number of hydrogen-bond donors (Lipinski definition) is 0. The lowest BCUT2D eigenvalue weighted by Gasteiger charge is -2.28. The number of unbranched alkanes of at least 4 members (excludes halogenated alkanes) is 2. The van der Waals surface area contributed by atoms with Crippen LogP contribution in [0.25, 0.3) is 12.2 Å². The summed E-state index contributed by atoms with van der Waals surface area (Å²) >= 11 is 0. The normalized spacial score (nSPS) is 20.8. The quantitative estimate of drug-likeness (QED) is 0.492. The molecule has 25 heavy (non-hydrogen) atoms. The van der Waals surface area contributed by atoms with Crippen molar-refractivity contribution in [1.29, 1.82) is 0 Å². The Hall–Kier alpha value is -1.89. The molecule has 132 valence electrons. The second kappa shape index (κ2) is 9.56. The van der Waals surface area contributed by atoms with Gasteiger partial charge in [0.05, 0.1) is 5.69 Å². The Kier molecular flexibility index (Phi) is 6.85. The molecule has 3 rings (SSSR count). The van der Waals surface area contributed by atoms with Crippen molar-refractivity contribution < 1.29 is 0 Å². The lowest BCUT2D eigenvalue weighted by atomic mass is 9.77. The van der Waals surface area contributed by atoms with E-state index in [0.29, 0.717) is 0 Å². The summed E-state index contributed by atoms with van der Waals surface area (Å²) < 4.78 is 0. The van der Waals surface area contributed by atoms with E-state index >= 15 is 0 Å². The number of nitrogens with zero attached hydrogens (tertiary/aromatic N) is 1. The van der Waals surface area contributed by atoms with Gasteiger partial charge < -0.3 is 0 Å². The van der Waals surface area contributed by atoms with Gasteiger partial charge in [-0.05, 0) is 60.8 Å². The summed E-state index contributed by atoms with van der Waals surface area (Å²) in [6, 6.07) is 14.9. The van der Waals surface area contributed by atoms with Crippen LogP contribution >= 0.6 is 0 Å². The minimum Gasteiger partial charge on any atom is -0.257 e. The van der Waals surface area contributed by atoms with E-state index in [1.807, 2.05) is 6.07 Å². The van der Waals surface area contributed by atoms with Crippen molar-refractivity contribution in [2.24, 2.45) is 5.92 Å². The first kappa shape index (κ1) is 17.9. The van der Waals surface area contributed by atoms with Crippen LogP contribution in [0.2, 0.25) is 0 Å². The third-order valence-corrected chi connectivity index (χ3v) is 5.59. The third kappa shape index (κ3) is 5.56. The lowest BCUT2D eigenvalue weighted by molar-refractivity contribution is 0.302. The van der Waals surface area contributed by atoms with Gasteiger partial charge in [0, 0.05) is 6.20 Å². The van der Waals surface area contributed by atoms with Crippen LogP contribution in [0, 0.1) is 5.92 Å². The van der Waals surface area contributed by atoms with Gasteiger partial charge in [-0.15, -0.1) is 0 Å². The third-order valence-electron chi connectivity index (χ3n) is 5.59. The first-order valence-corrected chi connectivity index (χ1v) is 10.0. The van der Waals surface area contributed by atoms with Crippen molar-refractivity contribution in [3.05, 3.63) is 65.5 Å². The predicted molar refractivity (Wildman–Crippen MR) is 108 cm³/mol. The van der Waals surface area contributed by atoms with E-state index in [1.165, 1.54) is 62.5 Å². The highest BCUT2D eigenvalue weighted by atomic mass is 14.7. The van der Waals surface area contributed by atoms with Gasteiger partial charge in [-0.1, -0.05) is 75.1 Å². The van der Waals surface area contributed by atoms with Gasteiger partial charge in [0.1, 0.15) is 0 Å². The van der Waals surface area contributed by atoms with Crippen molar-refractivity contribution >= 4 is 12.2 Å². The van der Waals surface area contributed by atoms with Gasteiger partial charge >= 0.3 is 0 Å². The van der Waals surface area contributed by atoms with E-state index < -0.39 is 0 Å². The maximum atomic E-state index is 4.66. The molecular formula is C24H31N. The molecule has 0 amide bonds. The molecule has 1 saturated carbocycles. The molecule has 1 heteroatoms. The molecule has 0 saturated heterocycles. The first-order valence-electron chi connectivity index (χ1n) is 10.0. The molecule has 1 aromatic heterocycles. The Morgan fingerprint density at radius 2 is 1.72 bits per heavy atom. The maximum absolute atomic E-state index is 4.66. The summed E-state index contributed by atoms with van der Waals surface area (Å²) in [6.07, 6.45) is 17.5. The van der Waals surface area contributed by atoms with Crippen LogP contribution in [0.15, 0.2) is 48.7 Å². The lowest BCUT2D eigenvalue weighted by Crippen LogP contribution is -2.13. The molecule has 0 aliphatic heterocycles. The van der Waals surface area contributed by atoms with Gasteiger partial charge in [0.2, 0.25) is 0 Å². The van der Waals surface area contributed by atoms with Gasteiger partial charge in [0.25, 0.3) is 0 Å². The average Bonchev–Trinajstić information content (AvgIpc) is 2.68. The fourth-order valence-electron chi connectivity index (χ4n) is 3.97. The largest absolute Gasteiger partial charge is 0.257 e. The van der Waals surface area contributed by atoms with Gasteiger partial charge in [0.15, 0.2) is 0 Å². The summed E-state index contributed by atoms with van der Waals surface area (Å²) in [7, 11) is 0. The zero-order chi connectivity index (χ0) is 17.3. The number of pyridine rings is 1. The molecule has 1 heterocycles. The van der Waals surface area contributed by atoms with Crippen LogP contribution < -0.4 is 0 Å². The molecule has 0 bridgehead atoms. The van der Waals surface area contributed by atoms with E-state index in [2.05, 4.69) is 66.7 Å². The van der Waals surface area contributed by atoms with E-state index in [0.717, 1.165) is 17.5 Å². The molecule has 1 aliphatic rings. The molecule has 0 spiro atoms. The highest BCUT2D eigenvalue weighted by molar-refractivity contribution is 5.67. The number of hydrogen-bond acceptors (Lipinski definition) is 1. The first-order chi connectivity index (χ1) is 12.3. The second-order valence-corrected chi connectivity index (χ2v) is 7.47. The van der Waals surface area contributed by atoms with Crippen molar-refractivity contribution in [2.45, 2.75) is 64.2 Å². The van der Waals surface area contributed by atoms with Crippen LogP contribution in [0.1, 0.15) is 81.0 Å². The summed E-state index contributed by atoms with van der Waals surface area (Å²) in [4.78, 5) is 4.66. The number of benzene rings is 1. The summed E-state index contributed by atoms with van der Waals surface area (Å²) in [5.74, 6) is 1.70. The highest BCUT2D eigenvalue weighted by Gasteiger charge is 2.22. The van der Waals surface area contributed by atoms with Crippen molar-refractivity contribution in [3.63, 3.8) is 0 Å². The van der Waals surface area contributed by atoms with E-state index in [-0.39, 0.29) is 0 Å². The Morgan fingerprint density at radius 3 is 2.40 bits per heavy atom. The zero-order valence-corrected chi connectivity index (χ0v) is 15.5. The Labute approximate surface area is 153 Å². The summed E-state index contributed by atoms with van der Waals surface area (Å²) in [5, 5.41) is 0. The molecule has 0 N–H and O–H groups in total. The maximum Gasteiger partial charge on any atom is 0.0630 e. The van der Waals surface area contributed by atoms with Crippen molar-refractivity contribution in [3.8, 4) is 0 Å². The summed E-state index contributed by atoms with van der Waals surface area (Å²) in [6.45, 7) is 2.29.